The average Bonchev–Trinajstić information content (AvgIpc) is 2.56. The van der Waals surface area contributed by atoms with Crippen LogP contribution in [0, 0.1) is 0 Å². The van der Waals surface area contributed by atoms with Gasteiger partial charge in [0.1, 0.15) is 0 Å². The summed E-state index contributed by atoms with van der Waals surface area (Å²) in [6, 6.07) is 2.11. The molecule has 0 saturated heterocycles. The number of pyridine rings is 1. The molecule has 0 radical (unpaired) electrons. The van der Waals surface area contributed by atoms with Crippen LogP contribution >= 0.6 is 22.9 Å². The minimum Gasteiger partial charge on any atom is -0.373 e. The third-order valence-electron chi connectivity index (χ3n) is 3.30. The van der Waals surface area contributed by atoms with Gasteiger partial charge in [-0.1, -0.05) is 11.6 Å². The first-order valence-electron chi connectivity index (χ1n) is 5.21. The van der Waals surface area contributed by atoms with Gasteiger partial charge in [0.25, 0.3) is 0 Å². The normalized spacial score (nSPS) is 18.6. The first kappa shape index (κ1) is 10.4. The summed E-state index contributed by atoms with van der Waals surface area (Å²) in [6.45, 7) is 0. The molecule has 2 heterocycles. The molecule has 3 nitrogen and oxygen atoms in total. The van der Waals surface area contributed by atoms with Crippen LogP contribution in [0.1, 0.15) is 24.8 Å². The molecule has 0 N–H and O–H groups in total. The van der Waals surface area contributed by atoms with Crippen molar-refractivity contribution in [3.8, 4) is 0 Å². The van der Waals surface area contributed by atoms with Gasteiger partial charge in [-0.25, -0.2) is 9.97 Å². The van der Waals surface area contributed by atoms with Crippen LogP contribution in [0.3, 0.4) is 0 Å². The molecule has 0 amide bonds. The zero-order chi connectivity index (χ0) is 11.2. The largest absolute Gasteiger partial charge is 0.373 e. The maximum atomic E-state index is 5.87. The summed E-state index contributed by atoms with van der Waals surface area (Å²) >= 11 is 7.33. The van der Waals surface area contributed by atoms with Crippen LogP contribution in [0.25, 0.3) is 10.3 Å². The Kier molecular flexibility index (Phi) is 2.38. The van der Waals surface area contributed by atoms with Crippen molar-refractivity contribution in [3.05, 3.63) is 22.3 Å². The van der Waals surface area contributed by atoms with Crippen LogP contribution in [-0.2, 0) is 10.3 Å². The number of methoxy groups -OCH3 is 1. The lowest BCUT2D eigenvalue weighted by Gasteiger charge is -2.40. The maximum Gasteiger partial charge on any atom is 0.186 e. The van der Waals surface area contributed by atoms with Crippen LogP contribution in [0.4, 0.5) is 0 Å². The monoisotopic (exact) mass is 254 g/mol. The van der Waals surface area contributed by atoms with Gasteiger partial charge in [-0.15, -0.1) is 11.3 Å². The van der Waals surface area contributed by atoms with Gasteiger partial charge in [0, 0.05) is 18.9 Å². The van der Waals surface area contributed by atoms with E-state index in [4.69, 9.17) is 16.3 Å². The molecule has 0 aliphatic heterocycles. The van der Waals surface area contributed by atoms with Crippen LogP contribution in [-0.4, -0.2) is 17.1 Å². The van der Waals surface area contributed by atoms with Crippen LogP contribution < -0.4 is 0 Å². The topological polar surface area (TPSA) is 35.0 Å². The number of fused-ring (bicyclic) bond motifs is 1. The molecule has 84 valence electrons. The molecule has 3 rings (SSSR count). The molecule has 0 atom stereocenters. The second-order valence-electron chi connectivity index (χ2n) is 4.06. The Bertz CT molecular complexity index is 530. The molecule has 2 aromatic rings. The van der Waals surface area contributed by atoms with Crippen LogP contribution in [0.15, 0.2) is 12.3 Å². The Balaban J connectivity index is 2.10. The molecule has 1 aliphatic carbocycles. The van der Waals surface area contributed by atoms with Crippen LogP contribution in [0.5, 0.6) is 0 Å². The van der Waals surface area contributed by atoms with Crippen molar-refractivity contribution < 1.29 is 4.74 Å². The van der Waals surface area contributed by atoms with E-state index in [1.807, 2.05) is 6.20 Å². The summed E-state index contributed by atoms with van der Waals surface area (Å²) in [5.41, 5.74) is 1.76. The first-order chi connectivity index (χ1) is 7.73. The summed E-state index contributed by atoms with van der Waals surface area (Å²) < 4.78 is 7.20. The summed E-state index contributed by atoms with van der Waals surface area (Å²) in [5.74, 6) is 0. The molecule has 0 spiro atoms. The number of hydrogen-bond acceptors (Lipinski definition) is 4. The minimum atomic E-state index is -0.113. The number of rotatable bonds is 2. The summed E-state index contributed by atoms with van der Waals surface area (Å²) in [7, 11) is 1.77. The van der Waals surface area contributed by atoms with E-state index in [0.717, 1.165) is 28.8 Å². The lowest BCUT2D eigenvalue weighted by molar-refractivity contribution is -0.0779. The van der Waals surface area contributed by atoms with Gasteiger partial charge in [0.05, 0.1) is 10.3 Å². The summed E-state index contributed by atoms with van der Waals surface area (Å²) in [6.07, 6.45) is 5.23. The number of aromatic nitrogens is 2. The van der Waals surface area contributed by atoms with Crippen molar-refractivity contribution in [2.75, 3.05) is 7.11 Å². The van der Waals surface area contributed by atoms with E-state index in [-0.39, 0.29) is 5.60 Å². The van der Waals surface area contributed by atoms with Crippen molar-refractivity contribution in [3.63, 3.8) is 0 Å². The fraction of sp³-hybridized carbons (Fsp3) is 0.455. The van der Waals surface area contributed by atoms with E-state index in [9.17, 15) is 0 Å². The fourth-order valence-electron chi connectivity index (χ4n) is 2.15. The van der Waals surface area contributed by atoms with Gasteiger partial charge in [0.15, 0.2) is 10.1 Å². The Morgan fingerprint density at radius 3 is 2.94 bits per heavy atom. The van der Waals surface area contributed by atoms with Gasteiger partial charge >= 0.3 is 0 Å². The van der Waals surface area contributed by atoms with Gasteiger partial charge < -0.3 is 4.74 Å². The van der Waals surface area contributed by atoms with Crippen molar-refractivity contribution in [1.29, 1.82) is 0 Å². The van der Waals surface area contributed by atoms with Gasteiger partial charge in [-0.05, 0) is 25.3 Å². The molecule has 16 heavy (non-hydrogen) atoms. The zero-order valence-corrected chi connectivity index (χ0v) is 10.4. The summed E-state index contributed by atoms with van der Waals surface area (Å²) in [4.78, 5) is 8.47. The Hall–Kier alpha value is -0.710. The fourth-order valence-corrected chi connectivity index (χ4v) is 3.17. The Morgan fingerprint density at radius 2 is 2.31 bits per heavy atom. The maximum absolute atomic E-state index is 5.87. The highest BCUT2D eigenvalue weighted by molar-refractivity contribution is 7.22. The Labute approximate surface area is 102 Å². The predicted molar refractivity (Wildman–Crippen MR) is 65.0 cm³/mol. The quantitative estimate of drug-likeness (QED) is 0.824. The standard InChI is InChI=1S/C11H11ClN2OS/c1-15-11(3-2-4-11)7-5-8-9(13-6-7)14-10(12)16-8/h5-6H,2-4H2,1H3. The third kappa shape index (κ3) is 1.44. The highest BCUT2D eigenvalue weighted by Gasteiger charge is 2.39. The van der Waals surface area contributed by atoms with E-state index in [1.54, 1.807) is 7.11 Å². The summed E-state index contributed by atoms with van der Waals surface area (Å²) in [5, 5.41) is 0. The van der Waals surface area contributed by atoms with Crippen LogP contribution in [0.2, 0.25) is 4.47 Å². The zero-order valence-electron chi connectivity index (χ0n) is 8.86. The lowest BCUT2D eigenvalue weighted by atomic mass is 9.75. The third-order valence-corrected chi connectivity index (χ3v) is 4.39. The number of nitrogens with zero attached hydrogens (tertiary/aromatic N) is 2. The van der Waals surface area contributed by atoms with E-state index in [1.165, 1.54) is 17.8 Å². The first-order valence-corrected chi connectivity index (χ1v) is 6.41. The lowest BCUT2D eigenvalue weighted by Crippen LogP contribution is -2.36. The molecule has 1 saturated carbocycles. The minimum absolute atomic E-state index is 0.113. The highest BCUT2D eigenvalue weighted by atomic mass is 35.5. The Morgan fingerprint density at radius 1 is 1.50 bits per heavy atom. The molecule has 2 aromatic heterocycles. The van der Waals surface area contributed by atoms with Crippen molar-refractivity contribution in [2.45, 2.75) is 24.9 Å². The molecule has 1 fully saturated rings. The smallest absolute Gasteiger partial charge is 0.186 e. The highest BCUT2D eigenvalue weighted by Crippen LogP contribution is 2.44. The number of halogens is 1. The second kappa shape index (κ2) is 3.65. The van der Waals surface area contributed by atoms with Crippen molar-refractivity contribution >= 4 is 33.3 Å². The molecule has 5 heteroatoms. The van der Waals surface area contributed by atoms with Crippen molar-refractivity contribution in [2.24, 2.45) is 0 Å². The van der Waals surface area contributed by atoms with Gasteiger partial charge in [-0.2, -0.15) is 0 Å². The molecular formula is C11H11ClN2OS. The molecular weight excluding hydrogens is 244 g/mol. The number of ether oxygens (including phenoxy) is 1. The average molecular weight is 255 g/mol. The van der Waals surface area contributed by atoms with Gasteiger partial charge in [0.2, 0.25) is 0 Å². The second-order valence-corrected chi connectivity index (χ2v) is 5.68. The predicted octanol–water partition coefficient (Wildman–Crippen LogP) is 3.37. The number of hydrogen-bond donors (Lipinski definition) is 0. The van der Waals surface area contributed by atoms with Gasteiger partial charge in [-0.3, -0.25) is 0 Å². The van der Waals surface area contributed by atoms with E-state index in [0.29, 0.717) is 4.47 Å². The molecule has 0 bridgehead atoms. The molecule has 0 aromatic carbocycles. The van der Waals surface area contributed by atoms with E-state index < -0.39 is 0 Å². The number of thiazole rings is 1. The van der Waals surface area contributed by atoms with E-state index >= 15 is 0 Å². The van der Waals surface area contributed by atoms with E-state index in [2.05, 4.69) is 16.0 Å². The SMILES string of the molecule is COC1(c2cnc3nc(Cl)sc3c2)CCC1. The molecule has 1 aliphatic rings. The van der Waals surface area contributed by atoms with Crippen molar-refractivity contribution in [1.82, 2.24) is 9.97 Å². The molecule has 0 unspecified atom stereocenters.